The van der Waals surface area contributed by atoms with Crippen molar-refractivity contribution >= 4 is 5.97 Å². The number of aliphatic hydroxyl groups is 1. The zero-order valence-corrected chi connectivity index (χ0v) is 14.0. The lowest BCUT2D eigenvalue weighted by molar-refractivity contribution is 0.0689. The van der Waals surface area contributed by atoms with E-state index in [0.29, 0.717) is 13.0 Å². The van der Waals surface area contributed by atoms with Crippen LogP contribution in [0.3, 0.4) is 0 Å². The average Bonchev–Trinajstić information content (AvgIpc) is 2.91. The van der Waals surface area contributed by atoms with Gasteiger partial charge in [0.05, 0.1) is 12.3 Å². The molecule has 3 rings (SSSR count). The van der Waals surface area contributed by atoms with Gasteiger partial charge in [0, 0.05) is 38.2 Å². The number of rotatable bonds is 4. The van der Waals surface area contributed by atoms with Gasteiger partial charge in [0.25, 0.3) is 0 Å². The van der Waals surface area contributed by atoms with Crippen LogP contribution >= 0.6 is 0 Å². The van der Waals surface area contributed by atoms with Crippen LogP contribution < -0.4 is 0 Å². The molecule has 2 aromatic rings. The standard InChI is InChI=1S/C19H21N3O3/c23-11-2-1-4-15-5-7-16(8-6-15)13-21-9-3-10-22-17(14-21)12-18(20-22)19(24)25/h5-8,12,23H,2-3,9-11,13-14H2,(H,24,25). The van der Waals surface area contributed by atoms with Gasteiger partial charge in [-0.05, 0) is 30.2 Å². The summed E-state index contributed by atoms with van der Waals surface area (Å²) in [5.41, 5.74) is 3.19. The monoisotopic (exact) mass is 339 g/mol. The molecular weight excluding hydrogens is 318 g/mol. The molecule has 6 heteroatoms. The van der Waals surface area contributed by atoms with Crippen LogP contribution in [0, 0.1) is 11.8 Å². The van der Waals surface area contributed by atoms with Crippen molar-refractivity contribution in [2.75, 3.05) is 13.2 Å². The summed E-state index contributed by atoms with van der Waals surface area (Å²) >= 11 is 0. The largest absolute Gasteiger partial charge is 0.476 e. The summed E-state index contributed by atoms with van der Waals surface area (Å²) in [5, 5.41) is 22.0. The van der Waals surface area contributed by atoms with Crippen molar-refractivity contribution in [3.63, 3.8) is 0 Å². The Labute approximate surface area is 146 Å². The van der Waals surface area contributed by atoms with E-state index in [-0.39, 0.29) is 12.3 Å². The molecule has 2 heterocycles. The molecule has 0 radical (unpaired) electrons. The number of carbonyl (C=O) groups is 1. The minimum Gasteiger partial charge on any atom is -0.476 e. The third-order valence-electron chi connectivity index (χ3n) is 4.14. The van der Waals surface area contributed by atoms with Crippen LogP contribution in [0.4, 0.5) is 0 Å². The number of aryl methyl sites for hydroxylation is 1. The molecular formula is C19H21N3O3. The quantitative estimate of drug-likeness (QED) is 0.830. The molecule has 25 heavy (non-hydrogen) atoms. The van der Waals surface area contributed by atoms with Gasteiger partial charge in [-0.15, -0.1) is 0 Å². The highest BCUT2D eigenvalue weighted by Gasteiger charge is 2.19. The topological polar surface area (TPSA) is 78.6 Å². The van der Waals surface area contributed by atoms with Gasteiger partial charge >= 0.3 is 5.97 Å². The Morgan fingerprint density at radius 1 is 1.24 bits per heavy atom. The maximum atomic E-state index is 11.1. The first-order valence-electron chi connectivity index (χ1n) is 8.37. The number of fused-ring (bicyclic) bond motifs is 1. The van der Waals surface area contributed by atoms with Crippen LogP contribution in [0.15, 0.2) is 30.3 Å². The summed E-state index contributed by atoms with van der Waals surface area (Å²) in [7, 11) is 0. The number of aliphatic hydroxyl groups excluding tert-OH is 1. The number of hydrogen-bond acceptors (Lipinski definition) is 4. The van der Waals surface area contributed by atoms with E-state index in [0.717, 1.165) is 37.3 Å². The van der Waals surface area contributed by atoms with E-state index >= 15 is 0 Å². The summed E-state index contributed by atoms with van der Waals surface area (Å²) in [6, 6.07) is 9.77. The normalized spacial score (nSPS) is 14.3. The zero-order valence-electron chi connectivity index (χ0n) is 14.0. The first kappa shape index (κ1) is 17.2. The van der Waals surface area contributed by atoms with Crippen molar-refractivity contribution in [2.45, 2.75) is 32.5 Å². The number of hydrogen-bond donors (Lipinski definition) is 2. The van der Waals surface area contributed by atoms with Crippen LogP contribution in [0.2, 0.25) is 0 Å². The average molecular weight is 339 g/mol. The second-order valence-corrected chi connectivity index (χ2v) is 6.09. The summed E-state index contributed by atoms with van der Waals surface area (Å²) < 4.78 is 1.81. The molecule has 0 amide bonds. The Morgan fingerprint density at radius 3 is 2.76 bits per heavy atom. The predicted molar refractivity (Wildman–Crippen MR) is 92.9 cm³/mol. The Hall–Kier alpha value is -2.62. The molecule has 0 atom stereocenters. The van der Waals surface area contributed by atoms with Crippen molar-refractivity contribution < 1.29 is 15.0 Å². The van der Waals surface area contributed by atoms with Gasteiger partial charge in [-0.2, -0.15) is 5.10 Å². The molecule has 0 fully saturated rings. The summed E-state index contributed by atoms with van der Waals surface area (Å²) in [4.78, 5) is 13.4. The van der Waals surface area contributed by atoms with E-state index in [9.17, 15) is 4.79 Å². The lowest BCUT2D eigenvalue weighted by Crippen LogP contribution is -2.22. The number of aromatic nitrogens is 2. The van der Waals surface area contributed by atoms with Gasteiger partial charge in [-0.3, -0.25) is 9.58 Å². The lowest BCUT2D eigenvalue weighted by atomic mass is 10.1. The Bertz CT molecular complexity index is 800. The summed E-state index contributed by atoms with van der Waals surface area (Å²) in [5.74, 6) is 4.96. The van der Waals surface area contributed by atoms with Crippen molar-refractivity contribution in [1.82, 2.24) is 14.7 Å². The third kappa shape index (κ3) is 4.47. The molecule has 1 aromatic carbocycles. The fourth-order valence-corrected chi connectivity index (χ4v) is 2.94. The molecule has 1 aromatic heterocycles. The molecule has 130 valence electrons. The van der Waals surface area contributed by atoms with Crippen molar-refractivity contribution in [1.29, 1.82) is 0 Å². The number of carboxylic acid groups (broad SMARTS) is 1. The van der Waals surface area contributed by atoms with E-state index in [1.54, 1.807) is 6.07 Å². The van der Waals surface area contributed by atoms with E-state index in [1.807, 2.05) is 16.8 Å². The van der Waals surface area contributed by atoms with E-state index in [1.165, 1.54) is 5.56 Å². The molecule has 0 saturated heterocycles. The minimum atomic E-state index is -0.981. The maximum absolute atomic E-state index is 11.1. The predicted octanol–water partition coefficient (Wildman–Crippen LogP) is 1.72. The smallest absolute Gasteiger partial charge is 0.356 e. The van der Waals surface area contributed by atoms with Gasteiger partial charge in [0.15, 0.2) is 5.69 Å². The van der Waals surface area contributed by atoms with Crippen LogP contribution in [0.5, 0.6) is 0 Å². The minimum absolute atomic E-state index is 0.0836. The molecule has 0 saturated carbocycles. The van der Waals surface area contributed by atoms with E-state index in [2.05, 4.69) is 34.0 Å². The molecule has 6 nitrogen and oxygen atoms in total. The van der Waals surface area contributed by atoms with Crippen molar-refractivity contribution in [2.24, 2.45) is 0 Å². The lowest BCUT2D eigenvalue weighted by Gasteiger charge is -2.19. The fourth-order valence-electron chi connectivity index (χ4n) is 2.94. The molecule has 0 aliphatic carbocycles. The number of aromatic carboxylic acids is 1. The van der Waals surface area contributed by atoms with Crippen molar-refractivity contribution in [3.8, 4) is 11.8 Å². The second kappa shape index (κ2) is 7.97. The number of nitrogens with zero attached hydrogens (tertiary/aromatic N) is 3. The van der Waals surface area contributed by atoms with Crippen LogP contribution in [-0.2, 0) is 19.6 Å². The first-order valence-corrected chi connectivity index (χ1v) is 8.37. The highest BCUT2D eigenvalue weighted by molar-refractivity contribution is 5.85. The molecule has 0 bridgehead atoms. The maximum Gasteiger partial charge on any atom is 0.356 e. The van der Waals surface area contributed by atoms with E-state index < -0.39 is 5.97 Å². The zero-order chi connectivity index (χ0) is 17.6. The van der Waals surface area contributed by atoms with Crippen LogP contribution in [0.25, 0.3) is 0 Å². The molecule has 0 unspecified atom stereocenters. The number of carboxylic acids is 1. The molecule has 1 aliphatic rings. The molecule has 2 N–H and O–H groups in total. The van der Waals surface area contributed by atoms with Crippen molar-refractivity contribution in [3.05, 3.63) is 52.8 Å². The van der Waals surface area contributed by atoms with E-state index in [4.69, 9.17) is 10.2 Å². The van der Waals surface area contributed by atoms with Gasteiger partial charge < -0.3 is 10.2 Å². The second-order valence-electron chi connectivity index (χ2n) is 6.09. The number of benzene rings is 1. The van der Waals surface area contributed by atoms with Gasteiger partial charge in [0.2, 0.25) is 0 Å². The SMILES string of the molecule is O=C(O)c1cc2n(n1)CCCN(Cc1ccc(C#CCCO)cc1)C2. The van der Waals surface area contributed by atoms with Gasteiger partial charge in [-0.1, -0.05) is 24.0 Å². The molecule has 0 spiro atoms. The van der Waals surface area contributed by atoms with Crippen LogP contribution in [-0.4, -0.2) is 44.0 Å². The van der Waals surface area contributed by atoms with Gasteiger partial charge in [-0.25, -0.2) is 4.79 Å². The Balaban J connectivity index is 1.66. The first-order chi connectivity index (χ1) is 12.2. The summed E-state index contributed by atoms with van der Waals surface area (Å²) in [6.07, 6.45) is 1.43. The Morgan fingerprint density at radius 2 is 2.04 bits per heavy atom. The molecule has 1 aliphatic heterocycles. The summed E-state index contributed by atoms with van der Waals surface area (Å²) in [6.45, 7) is 3.28. The van der Waals surface area contributed by atoms with Gasteiger partial charge in [0.1, 0.15) is 0 Å². The van der Waals surface area contributed by atoms with Crippen LogP contribution in [0.1, 0.15) is 40.2 Å². The highest BCUT2D eigenvalue weighted by atomic mass is 16.4. The highest BCUT2D eigenvalue weighted by Crippen LogP contribution is 2.16. The fraction of sp³-hybridized carbons (Fsp3) is 0.368. The third-order valence-corrected chi connectivity index (χ3v) is 4.14. The Kier molecular flexibility index (Phi) is 5.49.